The number of amides is 1. The standard InChI is InChI=1S/C22H25Cl2NO3/c1-15(2)14-28-22-19(24)11-16(12-20(22)27-4)8-9-21(26)25(3)13-17-6-5-7-18(23)10-17/h5-12,15H,13-14H2,1-4H3. The highest BCUT2D eigenvalue weighted by Crippen LogP contribution is 2.37. The summed E-state index contributed by atoms with van der Waals surface area (Å²) in [6.07, 6.45) is 3.21. The fourth-order valence-electron chi connectivity index (χ4n) is 2.51. The van der Waals surface area contributed by atoms with E-state index in [4.69, 9.17) is 32.7 Å². The van der Waals surface area contributed by atoms with Crippen molar-refractivity contribution in [3.8, 4) is 11.5 Å². The van der Waals surface area contributed by atoms with Crippen molar-refractivity contribution in [2.45, 2.75) is 20.4 Å². The molecule has 0 atom stereocenters. The maximum atomic E-state index is 12.4. The van der Waals surface area contributed by atoms with E-state index >= 15 is 0 Å². The van der Waals surface area contributed by atoms with Crippen LogP contribution in [0.3, 0.4) is 0 Å². The predicted molar refractivity (Wildman–Crippen MR) is 115 cm³/mol. The van der Waals surface area contributed by atoms with Crippen LogP contribution in [0, 0.1) is 5.92 Å². The number of hydrogen-bond donors (Lipinski definition) is 0. The molecule has 28 heavy (non-hydrogen) atoms. The van der Waals surface area contributed by atoms with Gasteiger partial charge < -0.3 is 14.4 Å². The molecule has 150 valence electrons. The highest BCUT2D eigenvalue weighted by Gasteiger charge is 2.12. The number of methoxy groups -OCH3 is 1. The number of carbonyl (C=O) groups excluding carboxylic acids is 1. The number of nitrogens with zero attached hydrogens (tertiary/aromatic N) is 1. The molecule has 2 aromatic carbocycles. The van der Waals surface area contributed by atoms with E-state index in [1.807, 2.05) is 18.2 Å². The first-order chi connectivity index (χ1) is 13.3. The van der Waals surface area contributed by atoms with Gasteiger partial charge in [0.25, 0.3) is 0 Å². The van der Waals surface area contributed by atoms with Crippen molar-refractivity contribution < 1.29 is 14.3 Å². The quantitative estimate of drug-likeness (QED) is 0.512. The normalized spacial score (nSPS) is 11.1. The summed E-state index contributed by atoms with van der Waals surface area (Å²) in [6.45, 7) is 5.12. The van der Waals surface area contributed by atoms with Gasteiger partial charge in [0.1, 0.15) is 0 Å². The number of benzene rings is 2. The second-order valence-corrected chi connectivity index (χ2v) is 7.74. The van der Waals surface area contributed by atoms with E-state index in [2.05, 4.69) is 13.8 Å². The number of hydrogen-bond acceptors (Lipinski definition) is 3. The molecule has 6 heteroatoms. The predicted octanol–water partition coefficient (Wildman–Crippen LogP) is 5.71. The lowest BCUT2D eigenvalue weighted by Gasteiger charge is -2.16. The molecule has 2 rings (SSSR count). The first-order valence-electron chi connectivity index (χ1n) is 8.98. The van der Waals surface area contributed by atoms with Crippen molar-refractivity contribution in [2.24, 2.45) is 5.92 Å². The molecule has 0 aromatic heterocycles. The first kappa shape index (κ1) is 22.1. The van der Waals surface area contributed by atoms with Crippen LogP contribution in [0.5, 0.6) is 11.5 Å². The molecule has 0 fully saturated rings. The highest BCUT2D eigenvalue weighted by molar-refractivity contribution is 6.32. The number of ether oxygens (including phenoxy) is 2. The maximum absolute atomic E-state index is 12.4. The van der Waals surface area contributed by atoms with Crippen LogP contribution in [0.2, 0.25) is 10.0 Å². The summed E-state index contributed by atoms with van der Waals surface area (Å²) in [6, 6.07) is 11.0. The van der Waals surface area contributed by atoms with Gasteiger partial charge in [-0.1, -0.05) is 49.2 Å². The molecule has 0 unspecified atom stereocenters. The fraction of sp³-hybridized carbons (Fsp3) is 0.318. The molecule has 4 nitrogen and oxygen atoms in total. The van der Waals surface area contributed by atoms with Crippen LogP contribution in [0.15, 0.2) is 42.5 Å². The van der Waals surface area contributed by atoms with Crippen molar-refractivity contribution >= 4 is 35.2 Å². The Kier molecular flexibility index (Phi) is 8.21. The lowest BCUT2D eigenvalue weighted by atomic mass is 10.1. The molecule has 1 amide bonds. The third-order valence-electron chi connectivity index (χ3n) is 3.92. The minimum absolute atomic E-state index is 0.129. The van der Waals surface area contributed by atoms with Gasteiger partial charge in [-0.15, -0.1) is 0 Å². The molecule has 0 saturated carbocycles. The Balaban J connectivity index is 2.09. The third kappa shape index (κ3) is 6.47. The van der Waals surface area contributed by atoms with Gasteiger partial charge in [0.2, 0.25) is 5.91 Å². The molecule has 0 aliphatic heterocycles. The summed E-state index contributed by atoms with van der Waals surface area (Å²) in [5, 5.41) is 1.09. The first-order valence-corrected chi connectivity index (χ1v) is 9.73. The van der Waals surface area contributed by atoms with Crippen molar-refractivity contribution in [3.05, 3.63) is 63.6 Å². The average molecular weight is 422 g/mol. The Labute approximate surface area is 176 Å². The average Bonchev–Trinajstić information content (AvgIpc) is 2.64. The molecule has 0 saturated heterocycles. The Bertz CT molecular complexity index is 850. The molecule has 0 spiro atoms. The van der Waals surface area contributed by atoms with Gasteiger partial charge in [0, 0.05) is 24.7 Å². The molecule has 0 radical (unpaired) electrons. The van der Waals surface area contributed by atoms with Crippen LogP contribution >= 0.6 is 23.2 Å². The van der Waals surface area contributed by atoms with Gasteiger partial charge in [-0.25, -0.2) is 0 Å². The molecule has 2 aromatic rings. The molecule has 0 aliphatic rings. The van der Waals surface area contributed by atoms with E-state index in [0.29, 0.717) is 40.6 Å². The largest absolute Gasteiger partial charge is 0.493 e. The van der Waals surface area contributed by atoms with Gasteiger partial charge in [0.15, 0.2) is 11.5 Å². The van der Waals surface area contributed by atoms with Gasteiger partial charge in [-0.2, -0.15) is 0 Å². The Morgan fingerprint density at radius 1 is 1.21 bits per heavy atom. The van der Waals surface area contributed by atoms with Crippen molar-refractivity contribution in [1.29, 1.82) is 0 Å². The Morgan fingerprint density at radius 2 is 1.96 bits per heavy atom. The monoisotopic (exact) mass is 421 g/mol. The summed E-state index contributed by atoms with van der Waals surface area (Å²) in [5.41, 5.74) is 1.72. The maximum Gasteiger partial charge on any atom is 0.246 e. The summed E-state index contributed by atoms with van der Waals surface area (Å²) in [4.78, 5) is 14.0. The number of rotatable bonds is 8. The van der Waals surface area contributed by atoms with Crippen LogP contribution in [0.25, 0.3) is 6.08 Å². The van der Waals surface area contributed by atoms with E-state index in [1.165, 1.54) is 6.08 Å². The summed E-state index contributed by atoms with van der Waals surface area (Å²) < 4.78 is 11.1. The van der Waals surface area contributed by atoms with E-state index in [-0.39, 0.29) is 5.91 Å². The SMILES string of the molecule is COc1cc(C=CC(=O)N(C)Cc2cccc(Cl)c2)cc(Cl)c1OCC(C)C. The zero-order valence-corrected chi connectivity index (χ0v) is 18.1. The molecular weight excluding hydrogens is 397 g/mol. The number of likely N-dealkylation sites (N-methyl/N-ethyl adjacent to an activating group) is 1. The lowest BCUT2D eigenvalue weighted by Crippen LogP contribution is -2.24. The minimum Gasteiger partial charge on any atom is -0.493 e. The lowest BCUT2D eigenvalue weighted by molar-refractivity contribution is -0.125. The third-order valence-corrected chi connectivity index (χ3v) is 4.43. The fourth-order valence-corrected chi connectivity index (χ4v) is 2.99. The number of carbonyl (C=O) groups is 1. The minimum atomic E-state index is -0.129. The van der Waals surface area contributed by atoms with Crippen LogP contribution < -0.4 is 9.47 Å². The van der Waals surface area contributed by atoms with E-state index in [9.17, 15) is 4.79 Å². The van der Waals surface area contributed by atoms with Crippen molar-refractivity contribution in [3.63, 3.8) is 0 Å². The van der Waals surface area contributed by atoms with E-state index in [1.54, 1.807) is 43.3 Å². The van der Waals surface area contributed by atoms with Crippen LogP contribution in [-0.2, 0) is 11.3 Å². The van der Waals surface area contributed by atoms with Crippen LogP contribution in [0.1, 0.15) is 25.0 Å². The molecule has 0 aliphatic carbocycles. The zero-order valence-electron chi connectivity index (χ0n) is 16.5. The Morgan fingerprint density at radius 3 is 2.61 bits per heavy atom. The Hall–Kier alpha value is -2.17. The second kappa shape index (κ2) is 10.4. The van der Waals surface area contributed by atoms with Crippen LogP contribution in [-0.4, -0.2) is 31.6 Å². The molecule has 0 heterocycles. The highest BCUT2D eigenvalue weighted by atomic mass is 35.5. The molecule has 0 bridgehead atoms. The topological polar surface area (TPSA) is 38.8 Å². The summed E-state index contributed by atoms with van der Waals surface area (Å²) in [5.74, 6) is 1.29. The number of halogens is 2. The van der Waals surface area contributed by atoms with Gasteiger partial charge in [-0.05, 0) is 47.4 Å². The zero-order chi connectivity index (χ0) is 20.7. The smallest absolute Gasteiger partial charge is 0.246 e. The van der Waals surface area contributed by atoms with E-state index in [0.717, 1.165) is 11.1 Å². The summed E-state index contributed by atoms with van der Waals surface area (Å²) in [7, 11) is 3.30. The van der Waals surface area contributed by atoms with Gasteiger partial charge in [0.05, 0.1) is 18.7 Å². The molecular formula is C22H25Cl2NO3. The second-order valence-electron chi connectivity index (χ2n) is 6.90. The van der Waals surface area contributed by atoms with Gasteiger partial charge >= 0.3 is 0 Å². The van der Waals surface area contributed by atoms with Gasteiger partial charge in [-0.3, -0.25) is 4.79 Å². The van der Waals surface area contributed by atoms with Crippen molar-refractivity contribution in [1.82, 2.24) is 4.90 Å². The van der Waals surface area contributed by atoms with E-state index < -0.39 is 0 Å². The van der Waals surface area contributed by atoms with Crippen molar-refractivity contribution in [2.75, 3.05) is 20.8 Å². The summed E-state index contributed by atoms with van der Waals surface area (Å²) >= 11 is 12.3. The van der Waals surface area contributed by atoms with Crippen LogP contribution in [0.4, 0.5) is 0 Å². The molecule has 0 N–H and O–H groups in total.